The number of benzene rings is 2. The van der Waals surface area contributed by atoms with Crippen LogP contribution in [-0.2, 0) is 0 Å². The lowest BCUT2D eigenvalue weighted by Gasteiger charge is -2.45. The van der Waals surface area contributed by atoms with Gasteiger partial charge in [-0.3, -0.25) is 0 Å². The first-order valence-corrected chi connectivity index (χ1v) is 8.01. The molecule has 3 aromatic rings. The van der Waals surface area contributed by atoms with Gasteiger partial charge in [-0.05, 0) is 19.1 Å². The number of halogens is 1. The van der Waals surface area contributed by atoms with Crippen LogP contribution in [0.25, 0.3) is 22.2 Å². The van der Waals surface area contributed by atoms with E-state index in [4.69, 9.17) is 11.6 Å². The minimum Gasteiger partial charge on any atom is -0.368 e. The van der Waals surface area contributed by atoms with Crippen LogP contribution < -0.4 is 4.90 Å². The first kappa shape index (κ1) is 14.2. The standard InChI is InChI=1S/C19H16ClN3/c1-19(10-21)11-23(12-19)16-9-5-3-7-14(16)18-17(20)13-6-2-4-8-15(13)22-18/h2-9,22H,11-12H2,1H3. The van der Waals surface area contributed by atoms with Crippen LogP contribution in [0.15, 0.2) is 48.5 Å². The molecule has 1 N–H and O–H groups in total. The average Bonchev–Trinajstić information content (AvgIpc) is 2.89. The molecule has 1 fully saturated rings. The van der Waals surface area contributed by atoms with E-state index in [9.17, 15) is 5.26 Å². The van der Waals surface area contributed by atoms with Crippen molar-refractivity contribution in [3.8, 4) is 17.3 Å². The van der Waals surface area contributed by atoms with Crippen LogP contribution in [0.3, 0.4) is 0 Å². The number of nitrogens with one attached hydrogen (secondary N) is 1. The lowest BCUT2D eigenvalue weighted by molar-refractivity contribution is 0.337. The number of hydrogen-bond acceptors (Lipinski definition) is 2. The molecule has 0 atom stereocenters. The Kier molecular flexibility index (Phi) is 3.11. The highest BCUT2D eigenvalue weighted by Crippen LogP contribution is 2.42. The fourth-order valence-corrected chi connectivity index (χ4v) is 3.61. The van der Waals surface area contributed by atoms with E-state index in [1.807, 2.05) is 43.3 Å². The van der Waals surface area contributed by atoms with E-state index in [0.29, 0.717) is 0 Å². The third-order valence-electron chi connectivity index (χ3n) is 4.51. The predicted octanol–water partition coefficient (Wildman–Crippen LogP) is 4.84. The van der Waals surface area contributed by atoms with Crippen molar-refractivity contribution in [3.05, 3.63) is 53.6 Å². The SMILES string of the molecule is CC1(C#N)CN(c2ccccc2-c2[nH]c3ccccc3c2Cl)C1. The molecule has 0 bridgehead atoms. The molecule has 0 saturated carbocycles. The van der Waals surface area contributed by atoms with Crippen molar-refractivity contribution >= 4 is 28.2 Å². The zero-order valence-corrected chi connectivity index (χ0v) is 13.6. The number of fused-ring (bicyclic) bond motifs is 1. The normalized spacial score (nSPS) is 16.1. The molecular formula is C19H16ClN3. The average molecular weight is 322 g/mol. The molecule has 1 aliphatic rings. The molecule has 4 rings (SSSR count). The Hall–Kier alpha value is -2.44. The van der Waals surface area contributed by atoms with Gasteiger partial charge in [0.1, 0.15) is 0 Å². The lowest BCUT2D eigenvalue weighted by atomic mass is 9.83. The third-order valence-corrected chi connectivity index (χ3v) is 4.90. The second-order valence-corrected chi connectivity index (χ2v) is 6.78. The molecule has 0 spiro atoms. The van der Waals surface area contributed by atoms with Gasteiger partial charge in [0.2, 0.25) is 0 Å². The van der Waals surface area contributed by atoms with Gasteiger partial charge in [0.15, 0.2) is 0 Å². The van der Waals surface area contributed by atoms with Crippen molar-refractivity contribution < 1.29 is 0 Å². The van der Waals surface area contributed by atoms with Gasteiger partial charge in [0.25, 0.3) is 0 Å². The minimum atomic E-state index is -0.253. The summed E-state index contributed by atoms with van der Waals surface area (Å²) < 4.78 is 0. The number of rotatable bonds is 2. The van der Waals surface area contributed by atoms with Gasteiger partial charge in [0.05, 0.1) is 22.2 Å². The molecule has 4 heteroatoms. The highest BCUT2D eigenvalue weighted by atomic mass is 35.5. The molecule has 114 valence electrons. The first-order chi connectivity index (χ1) is 11.1. The van der Waals surface area contributed by atoms with E-state index in [-0.39, 0.29) is 5.41 Å². The van der Waals surface area contributed by atoms with Gasteiger partial charge < -0.3 is 9.88 Å². The summed E-state index contributed by atoms with van der Waals surface area (Å²) in [4.78, 5) is 5.67. The lowest BCUT2D eigenvalue weighted by Crippen LogP contribution is -2.54. The van der Waals surface area contributed by atoms with Crippen molar-refractivity contribution in [2.75, 3.05) is 18.0 Å². The topological polar surface area (TPSA) is 42.8 Å². The van der Waals surface area contributed by atoms with Crippen molar-refractivity contribution in [2.24, 2.45) is 5.41 Å². The van der Waals surface area contributed by atoms with Gasteiger partial charge in [-0.25, -0.2) is 0 Å². The van der Waals surface area contributed by atoms with Gasteiger partial charge in [-0.2, -0.15) is 5.26 Å². The first-order valence-electron chi connectivity index (χ1n) is 7.63. The Labute approximate surface area is 140 Å². The van der Waals surface area contributed by atoms with E-state index >= 15 is 0 Å². The quantitative estimate of drug-likeness (QED) is 0.734. The Balaban J connectivity index is 1.81. The van der Waals surface area contributed by atoms with Gasteiger partial charge in [0, 0.05) is 35.2 Å². The summed E-state index contributed by atoms with van der Waals surface area (Å²) in [6.07, 6.45) is 0. The van der Waals surface area contributed by atoms with Crippen LogP contribution in [0.5, 0.6) is 0 Å². The second-order valence-electron chi connectivity index (χ2n) is 6.41. The highest BCUT2D eigenvalue weighted by Gasteiger charge is 2.40. The molecule has 0 amide bonds. The van der Waals surface area contributed by atoms with E-state index < -0.39 is 0 Å². The summed E-state index contributed by atoms with van der Waals surface area (Å²) in [5, 5.41) is 11.0. The van der Waals surface area contributed by atoms with Crippen molar-refractivity contribution in [2.45, 2.75) is 6.92 Å². The van der Waals surface area contributed by atoms with Crippen LogP contribution in [0.4, 0.5) is 5.69 Å². The monoisotopic (exact) mass is 321 g/mol. The molecular weight excluding hydrogens is 306 g/mol. The van der Waals surface area contributed by atoms with Crippen LogP contribution in [0, 0.1) is 16.7 Å². The minimum absolute atomic E-state index is 0.253. The van der Waals surface area contributed by atoms with Crippen LogP contribution >= 0.6 is 11.6 Å². The van der Waals surface area contributed by atoms with Gasteiger partial charge in [-0.1, -0.05) is 48.0 Å². The maximum atomic E-state index is 9.23. The summed E-state index contributed by atoms with van der Waals surface area (Å²) >= 11 is 6.61. The van der Waals surface area contributed by atoms with Crippen LogP contribution in [0.2, 0.25) is 5.02 Å². The Bertz CT molecular complexity index is 929. The number of hydrogen-bond donors (Lipinski definition) is 1. The second kappa shape index (κ2) is 5.04. The van der Waals surface area contributed by atoms with E-state index in [0.717, 1.165) is 46.0 Å². The molecule has 23 heavy (non-hydrogen) atoms. The number of para-hydroxylation sites is 2. The number of aromatic nitrogens is 1. The largest absolute Gasteiger partial charge is 0.368 e. The zero-order valence-electron chi connectivity index (χ0n) is 12.8. The van der Waals surface area contributed by atoms with Gasteiger partial charge in [-0.15, -0.1) is 0 Å². The molecule has 0 aliphatic carbocycles. The summed E-state index contributed by atoms with van der Waals surface area (Å²) in [7, 11) is 0. The summed E-state index contributed by atoms with van der Waals surface area (Å²) in [6.45, 7) is 3.50. The smallest absolute Gasteiger partial charge is 0.0894 e. The molecule has 1 saturated heterocycles. The molecule has 2 heterocycles. The number of anilines is 1. The fourth-order valence-electron chi connectivity index (χ4n) is 3.29. The van der Waals surface area contributed by atoms with E-state index in [1.54, 1.807) is 0 Å². The number of nitrogens with zero attached hydrogens (tertiary/aromatic N) is 2. The van der Waals surface area contributed by atoms with E-state index in [1.165, 1.54) is 0 Å². The molecule has 1 aliphatic heterocycles. The summed E-state index contributed by atoms with van der Waals surface area (Å²) in [5.41, 5.74) is 3.92. The number of nitriles is 1. The maximum Gasteiger partial charge on any atom is 0.0894 e. The summed E-state index contributed by atoms with van der Waals surface area (Å²) in [5.74, 6) is 0. The molecule has 0 unspecified atom stereocenters. The van der Waals surface area contributed by atoms with Crippen molar-refractivity contribution in [1.29, 1.82) is 5.26 Å². The summed E-state index contributed by atoms with van der Waals surface area (Å²) in [6, 6.07) is 18.7. The number of H-pyrrole nitrogens is 1. The van der Waals surface area contributed by atoms with Gasteiger partial charge >= 0.3 is 0 Å². The Morgan fingerprint density at radius 3 is 2.57 bits per heavy atom. The molecule has 1 aromatic heterocycles. The maximum absolute atomic E-state index is 9.23. The molecule has 2 aromatic carbocycles. The fraction of sp³-hybridized carbons (Fsp3) is 0.211. The van der Waals surface area contributed by atoms with Crippen LogP contribution in [-0.4, -0.2) is 18.1 Å². The molecule has 0 radical (unpaired) electrons. The molecule has 3 nitrogen and oxygen atoms in total. The Morgan fingerprint density at radius 2 is 1.83 bits per heavy atom. The number of aromatic amines is 1. The van der Waals surface area contributed by atoms with Crippen molar-refractivity contribution in [1.82, 2.24) is 4.98 Å². The Morgan fingerprint density at radius 1 is 1.13 bits per heavy atom. The predicted molar refractivity (Wildman–Crippen MR) is 94.7 cm³/mol. The van der Waals surface area contributed by atoms with Crippen molar-refractivity contribution in [3.63, 3.8) is 0 Å². The van der Waals surface area contributed by atoms with Crippen LogP contribution in [0.1, 0.15) is 6.92 Å². The van der Waals surface area contributed by atoms with E-state index in [2.05, 4.69) is 28.1 Å². The third kappa shape index (κ3) is 2.18. The highest BCUT2D eigenvalue weighted by molar-refractivity contribution is 6.38. The zero-order chi connectivity index (χ0) is 16.0.